The molecule has 1 fully saturated rings. The van der Waals surface area contributed by atoms with Crippen LogP contribution < -0.4 is 5.32 Å². The maximum absolute atomic E-state index is 11.7. The fraction of sp³-hybridized carbons (Fsp3) is 0.360. The quantitative estimate of drug-likeness (QED) is 0.311. The standard InChI is InChI=1S/C25H29N5O5S/c1-3-12-33-25(32)26-14-17-4-10-20(11-5-17)23-34-21(16-36-24-27-28-29-30(24)2)13-22(35-23)19-8-6-18(15-31)7-9-19/h3-11,21-23,31H,1,12-16H2,2H3,(H,26,32)/t21-,22+,23+/m1/s1. The zero-order chi connectivity index (χ0) is 25.3. The Kier molecular flexibility index (Phi) is 9.06. The molecule has 1 amide bonds. The highest BCUT2D eigenvalue weighted by Crippen LogP contribution is 2.39. The molecule has 3 atom stereocenters. The van der Waals surface area contributed by atoms with Crippen LogP contribution in [0.3, 0.4) is 0 Å². The lowest BCUT2D eigenvalue weighted by Crippen LogP contribution is -2.31. The second-order valence-corrected chi connectivity index (χ2v) is 9.22. The molecule has 1 aliphatic rings. The number of rotatable bonds is 10. The van der Waals surface area contributed by atoms with E-state index in [0.29, 0.717) is 23.9 Å². The molecule has 1 saturated heterocycles. The fourth-order valence-corrected chi connectivity index (χ4v) is 4.55. The zero-order valence-electron chi connectivity index (χ0n) is 19.9. The van der Waals surface area contributed by atoms with E-state index in [0.717, 1.165) is 22.3 Å². The van der Waals surface area contributed by atoms with Crippen LogP contribution in [0.2, 0.25) is 0 Å². The third-order valence-electron chi connectivity index (χ3n) is 5.62. The van der Waals surface area contributed by atoms with Crippen molar-refractivity contribution in [3.05, 3.63) is 83.4 Å². The molecule has 190 valence electrons. The van der Waals surface area contributed by atoms with Crippen LogP contribution in [0.25, 0.3) is 0 Å². The van der Waals surface area contributed by atoms with Gasteiger partial charge in [0, 0.05) is 31.3 Å². The zero-order valence-corrected chi connectivity index (χ0v) is 20.8. The maximum Gasteiger partial charge on any atom is 0.407 e. The molecule has 0 radical (unpaired) electrons. The SMILES string of the molecule is C=CCOC(=O)NCc1ccc([C@H]2O[C@@H](CSc3nnnn3C)C[C@@H](c3ccc(CO)cc3)O2)cc1. The molecule has 11 heteroatoms. The van der Waals surface area contributed by atoms with Crippen LogP contribution in [0.15, 0.2) is 66.3 Å². The molecular formula is C25H29N5O5S. The smallest absolute Gasteiger partial charge is 0.407 e. The van der Waals surface area contributed by atoms with Crippen molar-refractivity contribution in [2.24, 2.45) is 7.05 Å². The second kappa shape index (κ2) is 12.6. The number of benzene rings is 2. The van der Waals surface area contributed by atoms with E-state index < -0.39 is 12.4 Å². The predicted molar refractivity (Wildman–Crippen MR) is 133 cm³/mol. The first-order valence-corrected chi connectivity index (χ1v) is 12.5. The number of nitrogens with zero attached hydrogens (tertiary/aromatic N) is 4. The van der Waals surface area contributed by atoms with Gasteiger partial charge in [0.25, 0.3) is 0 Å². The highest BCUT2D eigenvalue weighted by Gasteiger charge is 2.32. The number of hydrogen-bond donors (Lipinski definition) is 2. The van der Waals surface area contributed by atoms with Gasteiger partial charge in [-0.3, -0.25) is 0 Å². The van der Waals surface area contributed by atoms with Crippen LogP contribution in [-0.4, -0.2) is 49.9 Å². The highest BCUT2D eigenvalue weighted by atomic mass is 32.2. The second-order valence-electron chi connectivity index (χ2n) is 8.23. The molecule has 3 aromatic rings. The monoisotopic (exact) mass is 511 g/mol. The van der Waals surface area contributed by atoms with E-state index in [-0.39, 0.29) is 25.4 Å². The molecule has 1 aliphatic heterocycles. The molecule has 2 heterocycles. The number of tetrazole rings is 1. The molecule has 1 aromatic heterocycles. The van der Waals surface area contributed by atoms with Gasteiger partial charge in [0.2, 0.25) is 5.16 Å². The molecule has 0 spiro atoms. The van der Waals surface area contributed by atoms with E-state index in [1.165, 1.54) is 17.8 Å². The van der Waals surface area contributed by atoms with Gasteiger partial charge in [-0.15, -0.1) is 5.10 Å². The van der Waals surface area contributed by atoms with Gasteiger partial charge in [-0.05, 0) is 27.1 Å². The summed E-state index contributed by atoms with van der Waals surface area (Å²) in [5.41, 5.74) is 3.67. The summed E-state index contributed by atoms with van der Waals surface area (Å²) in [5, 5.41) is 24.4. The van der Waals surface area contributed by atoms with Gasteiger partial charge in [0.15, 0.2) is 6.29 Å². The van der Waals surface area contributed by atoms with Gasteiger partial charge in [0.1, 0.15) is 6.61 Å². The molecule has 0 aliphatic carbocycles. The number of aliphatic hydroxyl groups is 1. The third kappa shape index (κ3) is 6.91. The number of aliphatic hydroxyl groups excluding tert-OH is 1. The number of aromatic nitrogens is 4. The Morgan fingerprint density at radius 3 is 2.58 bits per heavy atom. The Hall–Kier alpha value is -3.25. The molecule has 36 heavy (non-hydrogen) atoms. The Labute approximate surface area is 213 Å². The minimum atomic E-state index is -0.566. The Morgan fingerprint density at radius 2 is 1.92 bits per heavy atom. The van der Waals surface area contributed by atoms with Gasteiger partial charge in [0.05, 0.1) is 18.8 Å². The number of hydrogen-bond acceptors (Lipinski definition) is 9. The van der Waals surface area contributed by atoms with Gasteiger partial charge in [-0.25, -0.2) is 9.48 Å². The highest BCUT2D eigenvalue weighted by molar-refractivity contribution is 7.99. The van der Waals surface area contributed by atoms with Crippen molar-refractivity contribution in [3.8, 4) is 0 Å². The van der Waals surface area contributed by atoms with E-state index >= 15 is 0 Å². The summed E-state index contributed by atoms with van der Waals surface area (Å²) >= 11 is 1.53. The van der Waals surface area contributed by atoms with Crippen LogP contribution in [0.5, 0.6) is 0 Å². The third-order valence-corrected chi connectivity index (χ3v) is 6.76. The summed E-state index contributed by atoms with van der Waals surface area (Å²) in [5.74, 6) is 0.661. The minimum absolute atomic E-state index is 0.00424. The summed E-state index contributed by atoms with van der Waals surface area (Å²) in [4.78, 5) is 11.7. The number of nitrogens with one attached hydrogen (secondary N) is 1. The largest absolute Gasteiger partial charge is 0.445 e. The maximum atomic E-state index is 11.7. The van der Waals surface area contributed by atoms with Crippen molar-refractivity contribution < 1.29 is 24.1 Å². The summed E-state index contributed by atoms with van der Waals surface area (Å²) < 4.78 is 19.3. The average Bonchev–Trinajstić information content (AvgIpc) is 3.34. The fourth-order valence-electron chi connectivity index (χ4n) is 3.69. The molecule has 0 bridgehead atoms. The topological polar surface area (TPSA) is 121 Å². The minimum Gasteiger partial charge on any atom is -0.445 e. The van der Waals surface area contributed by atoms with Crippen molar-refractivity contribution in [1.82, 2.24) is 25.5 Å². The molecule has 4 rings (SSSR count). The van der Waals surface area contributed by atoms with Gasteiger partial charge >= 0.3 is 6.09 Å². The van der Waals surface area contributed by atoms with Crippen molar-refractivity contribution >= 4 is 17.9 Å². The number of alkyl carbamates (subject to hydrolysis) is 1. The van der Waals surface area contributed by atoms with E-state index in [1.807, 2.05) is 48.5 Å². The van der Waals surface area contributed by atoms with Crippen LogP contribution in [0, 0.1) is 0 Å². The Bertz CT molecular complexity index is 1140. The average molecular weight is 512 g/mol. The molecular weight excluding hydrogens is 482 g/mol. The van der Waals surface area contributed by atoms with Gasteiger partial charge in [-0.1, -0.05) is 72.9 Å². The summed E-state index contributed by atoms with van der Waals surface area (Å²) in [6.45, 7) is 4.02. The number of carbonyl (C=O) groups is 1. The van der Waals surface area contributed by atoms with Gasteiger partial charge in [-0.2, -0.15) is 0 Å². The number of aryl methyl sites for hydroxylation is 1. The lowest BCUT2D eigenvalue weighted by atomic mass is 10.0. The number of ether oxygens (including phenoxy) is 3. The Balaban J connectivity index is 1.45. The van der Waals surface area contributed by atoms with E-state index in [9.17, 15) is 9.90 Å². The first-order chi connectivity index (χ1) is 17.6. The number of carbonyl (C=O) groups excluding carboxylic acids is 1. The Morgan fingerprint density at radius 1 is 1.19 bits per heavy atom. The van der Waals surface area contributed by atoms with Crippen molar-refractivity contribution in [3.63, 3.8) is 0 Å². The predicted octanol–water partition coefficient (Wildman–Crippen LogP) is 3.45. The summed E-state index contributed by atoms with van der Waals surface area (Å²) in [6, 6.07) is 15.5. The molecule has 0 saturated carbocycles. The first-order valence-electron chi connectivity index (χ1n) is 11.5. The van der Waals surface area contributed by atoms with Crippen molar-refractivity contribution in [2.75, 3.05) is 12.4 Å². The molecule has 0 unspecified atom stereocenters. The number of thioether (sulfide) groups is 1. The van der Waals surface area contributed by atoms with Gasteiger partial charge < -0.3 is 24.6 Å². The summed E-state index contributed by atoms with van der Waals surface area (Å²) in [6.07, 6.45) is 0.843. The molecule has 10 nitrogen and oxygen atoms in total. The first kappa shape index (κ1) is 25.8. The van der Waals surface area contributed by atoms with Crippen LogP contribution in [0.4, 0.5) is 4.79 Å². The van der Waals surface area contributed by atoms with Crippen molar-refractivity contribution in [2.45, 2.75) is 43.2 Å². The lowest BCUT2D eigenvalue weighted by Gasteiger charge is -2.36. The van der Waals surface area contributed by atoms with E-state index in [2.05, 4.69) is 27.4 Å². The van der Waals surface area contributed by atoms with Crippen LogP contribution in [-0.2, 0) is 34.4 Å². The van der Waals surface area contributed by atoms with E-state index in [1.54, 1.807) is 11.7 Å². The van der Waals surface area contributed by atoms with Crippen LogP contribution >= 0.6 is 11.8 Å². The summed E-state index contributed by atoms with van der Waals surface area (Å²) in [7, 11) is 1.80. The molecule has 2 aromatic carbocycles. The lowest BCUT2D eigenvalue weighted by molar-refractivity contribution is -0.245. The van der Waals surface area contributed by atoms with E-state index in [4.69, 9.17) is 14.2 Å². The van der Waals surface area contributed by atoms with Crippen LogP contribution in [0.1, 0.15) is 41.1 Å². The number of amides is 1. The van der Waals surface area contributed by atoms with Crippen molar-refractivity contribution in [1.29, 1.82) is 0 Å². The normalized spacial score (nSPS) is 19.6. The molecule has 2 N–H and O–H groups in total.